The van der Waals surface area contributed by atoms with Crippen molar-refractivity contribution in [3.05, 3.63) is 0 Å². The summed E-state index contributed by atoms with van der Waals surface area (Å²) in [4.78, 5) is 23.9. The molecule has 1 rings (SSSR count). The Kier molecular flexibility index (Phi) is 5.55. The van der Waals surface area contributed by atoms with E-state index in [2.05, 4.69) is 10.6 Å². The van der Waals surface area contributed by atoms with E-state index >= 15 is 0 Å². The first kappa shape index (κ1) is 15.7. The fourth-order valence-corrected chi connectivity index (χ4v) is 2.57. The van der Waals surface area contributed by atoms with E-state index in [9.17, 15) is 18.0 Å². The van der Waals surface area contributed by atoms with Gasteiger partial charge in [0.1, 0.15) is 0 Å². The maximum absolute atomic E-state index is 11.7. The second-order valence-corrected chi connectivity index (χ2v) is 6.35. The number of amides is 3. The summed E-state index contributed by atoms with van der Waals surface area (Å²) in [7, 11) is -3.18. The van der Waals surface area contributed by atoms with E-state index in [1.807, 2.05) is 0 Å². The van der Waals surface area contributed by atoms with E-state index in [0.717, 1.165) is 6.26 Å². The van der Waals surface area contributed by atoms with Crippen LogP contribution in [0.1, 0.15) is 6.92 Å². The molecule has 1 fully saturated rings. The number of carbonyl (C=O) groups is 2. The van der Waals surface area contributed by atoms with Crippen molar-refractivity contribution in [2.24, 2.45) is 0 Å². The van der Waals surface area contributed by atoms with Gasteiger partial charge < -0.3 is 15.5 Å². The monoisotopic (exact) mass is 292 g/mol. The van der Waals surface area contributed by atoms with Gasteiger partial charge in [-0.3, -0.25) is 4.79 Å². The molecule has 0 spiro atoms. The van der Waals surface area contributed by atoms with Gasteiger partial charge >= 0.3 is 6.03 Å². The number of rotatable bonds is 4. The molecule has 2 N–H and O–H groups in total. The van der Waals surface area contributed by atoms with Crippen LogP contribution in [-0.4, -0.2) is 75.1 Å². The zero-order valence-corrected chi connectivity index (χ0v) is 12.0. The van der Waals surface area contributed by atoms with Crippen LogP contribution < -0.4 is 10.6 Å². The normalized spacial score (nSPS) is 17.1. The van der Waals surface area contributed by atoms with Crippen molar-refractivity contribution in [1.29, 1.82) is 0 Å². The Hall–Kier alpha value is -1.35. The molecule has 0 saturated carbocycles. The van der Waals surface area contributed by atoms with E-state index in [1.165, 1.54) is 11.2 Å². The Morgan fingerprint density at radius 2 is 1.58 bits per heavy atom. The molecule has 0 atom stereocenters. The first-order chi connectivity index (χ1) is 8.80. The maximum Gasteiger partial charge on any atom is 0.317 e. The lowest BCUT2D eigenvalue weighted by Gasteiger charge is -2.33. The third-order valence-electron chi connectivity index (χ3n) is 2.77. The maximum atomic E-state index is 11.7. The van der Waals surface area contributed by atoms with Crippen molar-refractivity contribution in [2.45, 2.75) is 6.92 Å². The van der Waals surface area contributed by atoms with Gasteiger partial charge in [-0.2, -0.15) is 4.31 Å². The molecule has 110 valence electrons. The summed E-state index contributed by atoms with van der Waals surface area (Å²) in [5.74, 6) is -0.143. The van der Waals surface area contributed by atoms with E-state index < -0.39 is 10.0 Å². The predicted molar refractivity (Wildman–Crippen MR) is 70.1 cm³/mol. The largest absolute Gasteiger partial charge is 0.355 e. The molecule has 1 aliphatic heterocycles. The van der Waals surface area contributed by atoms with Gasteiger partial charge in [0, 0.05) is 46.2 Å². The van der Waals surface area contributed by atoms with Crippen LogP contribution in [0.4, 0.5) is 4.79 Å². The van der Waals surface area contributed by atoms with Crippen LogP contribution >= 0.6 is 0 Å². The quantitative estimate of drug-likeness (QED) is 0.610. The topological polar surface area (TPSA) is 98.8 Å². The van der Waals surface area contributed by atoms with Gasteiger partial charge in [0.25, 0.3) is 0 Å². The summed E-state index contributed by atoms with van der Waals surface area (Å²) in [6.45, 7) is 3.52. The Bertz CT molecular complexity index is 429. The molecule has 1 heterocycles. The molecular formula is C10H20N4O4S. The van der Waals surface area contributed by atoms with E-state index in [-0.39, 0.29) is 11.9 Å². The minimum atomic E-state index is -3.18. The smallest absolute Gasteiger partial charge is 0.317 e. The molecule has 0 aromatic rings. The van der Waals surface area contributed by atoms with Crippen LogP contribution in [0.5, 0.6) is 0 Å². The molecule has 0 bridgehead atoms. The second-order valence-electron chi connectivity index (χ2n) is 4.36. The molecule has 8 nitrogen and oxygen atoms in total. The molecule has 0 aromatic carbocycles. The molecular weight excluding hydrogens is 272 g/mol. The van der Waals surface area contributed by atoms with Gasteiger partial charge in [0.15, 0.2) is 0 Å². The third-order valence-corrected chi connectivity index (χ3v) is 4.07. The standard InChI is InChI=1S/C10H20N4O4S/c1-9(15)11-3-4-12-10(16)13-5-7-14(8-6-13)19(2,17)18/h3-8H2,1-2H3,(H,11,15)(H,12,16). The first-order valence-electron chi connectivity index (χ1n) is 6.03. The zero-order chi connectivity index (χ0) is 14.5. The zero-order valence-electron chi connectivity index (χ0n) is 11.2. The van der Waals surface area contributed by atoms with Crippen molar-refractivity contribution < 1.29 is 18.0 Å². The van der Waals surface area contributed by atoms with Gasteiger partial charge in [-0.1, -0.05) is 0 Å². The van der Waals surface area contributed by atoms with E-state index in [0.29, 0.717) is 39.3 Å². The Balaban J connectivity index is 2.27. The van der Waals surface area contributed by atoms with Crippen molar-refractivity contribution in [3.8, 4) is 0 Å². The number of urea groups is 1. The number of nitrogens with one attached hydrogen (secondary N) is 2. The van der Waals surface area contributed by atoms with Gasteiger partial charge in [-0.15, -0.1) is 0 Å². The number of piperazine rings is 1. The molecule has 9 heteroatoms. The lowest BCUT2D eigenvalue weighted by atomic mass is 10.4. The summed E-state index contributed by atoms with van der Waals surface area (Å²) in [5.41, 5.74) is 0. The van der Waals surface area contributed by atoms with Gasteiger partial charge in [-0.25, -0.2) is 13.2 Å². The van der Waals surface area contributed by atoms with Crippen molar-refractivity contribution in [2.75, 3.05) is 45.5 Å². The molecule has 3 amide bonds. The Labute approximate surface area is 113 Å². The van der Waals surface area contributed by atoms with Gasteiger partial charge in [0.05, 0.1) is 6.26 Å². The average molecular weight is 292 g/mol. The minimum Gasteiger partial charge on any atom is -0.355 e. The first-order valence-corrected chi connectivity index (χ1v) is 7.88. The van der Waals surface area contributed by atoms with Gasteiger partial charge in [-0.05, 0) is 0 Å². The molecule has 0 unspecified atom stereocenters. The highest BCUT2D eigenvalue weighted by Gasteiger charge is 2.25. The van der Waals surface area contributed by atoms with Crippen molar-refractivity contribution in [1.82, 2.24) is 19.8 Å². The number of hydrogen-bond acceptors (Lipinski definition) is 4. The van der Waals surface area contributed by atoms with Crippen molar-refractivity contribution in [3.63, 3.8) is 0 Å². The van der Waals surface area contributed by atoms with Gasteiger partial charge in [0.2, 0.25) is 15.9 Å². The van der Waals surface area contributed by atoms with E-state index in [1.54, 1.807) is 4.90 Å². The van der Waals surface area contributed by atoms with Crippen molar-refractivity contribution >= 4 is 22.0 Å². The molecule has 0 aromatic heterocycles. The molecule has 1 aliphatic rings. The number of sulfonamides is 1. The average Bonchev–Trinajstić information content (AvgIpc) is 2.33. The number of nitrogens with zero attached hydrogens (tertiary/aromatic N) is 2. The van der Waals surface area contributed by atoms with Crippen LogP contribution in [0, 0.1) is 0 Å². The SMILES string of the molecule is CC(=O)NCCNC(=O)N1CCN(S(C)(=O)=O)CC1. The van der Waals surface area contributed by atoms with E-state index in [4.69, 9.17) is 0 Å². The highest BCUT2D eigenvalue weighted by molar-refractivity contribution is 7.88. The van der Waals surface area contributed by atoms with Crippen LogP contribution in [0.15, 0.2) is 0 Å². The summed E-state index contributed by atoms with van der Waals surface area (Å²) in [6, 6.07) is -0.237. The van der Waals surface area contributed by atoms with Crippen LogP contribution in [0.3, 0.4) is 0 Å². The highest BCUT2D eigenvalue weighted by Crippen LogP contribution is 2.05. The summed E-state index contributed by atoms with van der Waals surface area (Å²) in [5, 5.41) is 5.24. The fourth-order valence-electron chi connectivity index (χ4n) is 1.74. The Morgan fingerprint density at radius 1 is 1.05 bits per heavy atom. The number of carbonyl (C=O) groups excluding carboxylic acids is 2. The summed E-state index contributed by atoms with van der Waals surface area (Å²) < 4.78 is 24.0. The minimum absolute atomic E-state index is 0.143. The van der Waals surface area contributed by atoms with Crippen LogP contribution in [0.2, 0.25) is 0 Å². The molecule has 19 heavy (non-hydrogen) atoms. The second kappa shape index (κ2) is 6.71. The molecule has 1 saturated heterocycles. The lowest BCUT2D eigenvalue weighted by Crippen LogP contribution is -2.53. The highest BCUT2D eigenvalue weighted by atomic mass is 32.2. The Morgan fingerprint density at radius 3 is 2.05 bits per heavy atom. The molecule has 0 radical (unpaired) electrons. The summed E-state index contributed by atoms with van der Waals surface area (Å²) >= 11 is 0. The fraction of sp³-hybridized carbons (Fsp3) is 0.800. The molecule has 0 aliphatic carbocycles. The number of hydrogen-bond donors (Lipinski definition) is 2. The predicted octanol–water partition coefficient (Wildman–Crippen LogP) is -1.59. The summed E-state index contributed by atoms with van der Waals surface area (Å²) in [6.07, 6.45) is 1.16. The lowest BCUT2D eigenvalue weighted by molar-refractivity contribution is -0.118. The third kappa shape index (κ3) is 5.43. The van der Waals surface area contributed by atoms with Crippen LogP contribution in [0.25, 0.3) is 0 Å². The van der Waals surface area contributed by atoms with Crippen LogP contribution in [-0.2, 0) is 14.8 Å².